The molecule has 2 aromatic rings. The molecule has 0 amide bonds. The molecule has 0 aliphatic carbocycles. The van der Waals surface area contributed by atoms with E-state index in [1.807, 2.05) is 7.05 Å². The van der Waals surface area contributed by atoms with Crippen LogP contribution in [0, 0.1) is 0 Å². The lowest BCUT2D eigenvalue weighted by atomic mass is 10.0. The Kier molecular flexibility index (Phi) is 4.27. The first-order chi connectivity index (χ1) is 8.40. The minimum atomic E-state index is 0.289. The third-order valence-corrected chi connectivity index (χ3v) is 2.94. The Morgan fingerprint density at radius 1 is 1.29 bits per heavy atom. The molecule has 0 bridgehead atoms. The maximum absolute atomic E-state index is 4.11. The van der Waals surface area contributed by atoms with Crippen molar-refractivity contribution in [3.8, 4) is 0 Å². The van der Waals surface area contributed by atoms with Gasteiger partial charge < -0.3 is 5.32 Å². The van der Waals surface area contributed by atoms with Crippen LogP contribution in [-0.4, -0.2) is 22.5 Å². The van der Waals surface area contributed by atoms with E-state index in [1.165, 1.54) is 5.56 Å². The number of nitrogens with one attached hydrogen (secondary N) is 2. The van der Waals surface area contributed by atoms with Gasteiger partial charge in [-0.25, -0.2) is 0 Å². The van der Waals surface area contributed by atoms with Gasteiger partial charge in [0.15, 0.2) is 0 Å². The van der Waals surface area contributed by atoms with Gasteiger partial charge in [-0.15, -0.1) is 0 Å². The van der Waals surface area contributed by atoms with Crippen molar-refractivity contribution < 1.29 is 0 Å². The van der Waals surface area contributed by atoms with Gasteiger partial charge in [-0.05, 0) is 31.9 Å². The summed E-state index contributed by atoms with van der Waals surface area (Å²) < 4.78 is 0. The zero-order valence-electron chi connectivity index (χ0n) is 10.1. The van der Waals surface area contributed by atoms with E-state index >= 15 is 0 Å². The zero-order chi connectivity index (χ0) is 11.9. The van der Waals surface area contributed by atoms with Gasteiger partial charge in [-0.1, -0.05) is 30.3 Å². The Balaban J connectivity index is 1.81. The molecule has 0 aliphatic rings. The number of H-pyrrole nitrogens is 1. The zero-order valence-corrected chi connectivity index (χ0v) is 10.1. The molecule has 1 aromatic heterocycles. The number of aromatic amines is 1. The van der Waals surface area contributed by atoms with Crippen LogP contribution in [0.3, 0.4) is 0 Å². The number of hydrogen-bond acceptors (Lipinski definition) is 3. The third-order valence-electron chi connectivity index (χ3n) is 2.94. The van der Waals surface area contributed by atoms with Crippen LogP contribution >= 0.6 is 0 Å². The molecule has 1 heterocycles. The summed E-state index contributed by atoms with van der Waals surface area (Å²) >= 11 is 0. The SMILES string of the molecule is CNC(CCCc1ccccc1)c1cn[nH]n1. The number of benzene rings is 1. The fraction of sp³-hybridized carbons (Fsp3) is 0.385. The Labute approximate surface area is 101 Å². The monoisotopic (exact) mass is 230 g/mol. The quantitative estimate of drug-likeness (QED) is 0.799. The van der Waals surface area contributed by atoms with E-state index in [1.54, 1.807) is 6.20 Å². The summed E-state index contributed by atoms with van der Waals surface area (Å²) in [7, 11) is 1.96. The minimum Gasteiger partial charge on any atom is -0.312 e. The maximum atomic E-state index is 4.11. The molecule has 0 fully saturated rings. The first-order valence-electron chi connectivity index (χ1n) is 5.97. The van der Waals surface area contributed by atoms with Gasteiger partial charge in [-0.3, -0.25) is 0 Å². The van der Waals surface area contributed by atoms with Gasteiger partial charge in [-0.2, -0.15) is 15.4 Å². The molecule has 2 rings (SSSR count). The second kappa shape index (κ2) is 6.15. The summed E-state index contributed by atoms with van der Waals surface area (Å²) in [4.78, 5) is 0. The lowest BCUT2D eigenvalue weighted by molar-refractivity contribution is 0.514. The molecule has 90 valence electrons. The van der Waals surface area contributed by atoms with Gasteiger partial charge >= 0.3 is 0 Å². The van der Waals surface area contributed by atoms with Crippen LogP contribution in [0.5, 0.6) is 0 Å². The van der Waals surface area contributed by atoms with E-state index in [4.69, 9.17) is 0 Å². The molecule has 0 saturated heterocycles. The molecule has 0 spiro atoms. The first kappa shape index (κ1) is 11.8. The number of aryl methyl sites for hydroxylation is 1. The minimum absolute atomic E-state index is 0.289. The topological polar surface area (TPSA) is 53.6 Å². The third kappa shape index (κ3) is 3.39. The predicted octanol–water partition coefficient (Wildman–Crippen LogP) is 2.09. The number of rotatable bonds is 6. The summed E-state index contributed by atoms with van der Waals surface area (Å²) in [5.74, 6) is 0. The average Bonchev–Trinajstić information content (AvgIpc) is 2.90. The second-order valence-electron chi connectivity index (χ2n) is 4.11. The number of aromatic nitrogens is 3. The molecule has 0 saturated carbocycles. The van der Waals surface area contributed by atoms with Crippen molar-refractivity contribution in [3.63, 3.8) is 0 Å². The van der Waals surface area contributed by atoms with Crippen molar-refractivity contribution >= 4 is 0 Å². The molecule has 2 N–H and O–H groups in total. The van der Waals surface area contributed by atoms with Crippen molar-refractivity contribution in [2.75, 3.05) is 7.05 Å². The van der Waals surface area contributed by atoms with Crippen molar-refractivity contribution in [1.82, 2.24) is 20.7 Å². The molecule has 4 heteroatoms. The second-order valence-corrected chi connectivity index (χ2v) is 4.11. The molecule has 17 heavy (non-hydrogen) atoms. The summed E-state index contributed by atoms with van der Waals surface area (Å²) in [6.07, 6.45) is 5.10. The summed E-state index contributed by atoms with van der Waals surface area (Å²) in [5, 5.41) is 13.9. The van der Waals surface area contributed by atoms with Crippen molar-refractivity contribution in [2.45, 2.75) is 25.3 Å². The predicted molar refractivity (Wildman–Crippen MR) is 67.6 cm³/mol. The van der Waals surface area contributed by atoms with Crippen molar-refractivity contribution in [3.05, 3.63) is 47.8 Å². The van der Waals surface area contributed by atoms with Gasteiger partial charge in [0.2, 0.25) is 0 Å². The Hall–Kier alpha value is -1.68. The van der Waals surface area contributed by atoms with E-state index in [9.17, 15) is 0 Å². The van der Waals surface area contributed by atoms with Crippen molar-refractivity contribution in [1.29, 1.82) is 0 Å². The van der Waals surface area contributed by atoms with E-state index < -0.39 is 0 Å². The smallest absolute Gasteiger partial charge is 0.0993 e. The molecule has 1 unspecified atom stereocenters. The van der Waals surface area contributed by atoms with Crippen LogP contribution in [0.2, 0.25) is 0 Å². The Morgan fingerprint density at radius 2 is 2.12 bits per heavy atom. The van der Waals surface area contributed by atoms with Crippen LogP contribution < -0.4 is 5.32 Å². The molecular formula is C13H18N4. The summed E-state index contributed by atoms with van der Waals surface area (Å²) in [6.45, 7) is 0. The molecule has 4 nitrogen and oxygen atoms in total. The number of hydrogen-bond donors (Lipinski definition) is 2. The Morgan fingerprint density at radius 3 is 2.76 bits per heavy atom. The van der Waals surface area contributed by atoms with Gasteiger partial charge in [0.25, 0.3) is 0 Å². The van der Waals surface area contributed by atoms with Gasteiger partial charge in [0.1, 0.15) is 0 Å². The van der Waals surface area contributed by atoms with E-state index in [2.05, 4.69) is 51.1 Å². The van der Waals surface area contributed by atoms with Crippen LogP contribution in [-0.2, 0) is 6.42 Å². The molecule has 0 aliphatic heterocycles. The highest BCUT2D eigenvalue weighted by Gasteiger charge is 2.11. The standard InChI is InChI=1S/C13H18N4/c1-14-12(13-10-15-17-16-13)9-5-8-11-6-3-2-4-7-11/h2-4,6-7,10,12,14H,5,8-9H2,1H3,(H,15,16,17). The fourth-order valence-electron chi connectivity index (χ4n) is 1.97. The maximum Gasteiger partial charge on any atom is 0.0993 e. The molecular weight excluding hydrogens is 212 g/mol. The highest BCUT2D eigenvalue weighted by atomic mass is 15.3. The van der Waals surface area contributed by atoms with Crippen LogP contribution in [0.25, 0.3) is 0 Å². The Bertz CT molecular complexity index is 410. The number of nitrogens with zero attached hydrogens (tertiary/aromatic N) is 2. The normalized spacial score (nSPS) is 12.5. The summed E-state index contributed by atoms with van der Waals surface area (Å²) in [6, 6.07) is 10.9. The summed E-state index contributed by atoms with van der Waals surface area (Å²) in [5.41, 5.74) is 2.38. The van der Waals surface area contributed by atoms with Crippen molar-refractivity contribution in [2.24, 2.45) is 0 Å². The first-order valence-corrected chi connectivity index (χ1v) is 5.97. The van der Waals surface area contributed by atoms with Gasteiger partial charge in [0.05, 0.1) is 17.9 Å². The molecule has 0 radical (unpaired) electrons. The molecule has 1 atom stereocenters. The van der Waals surface area contributed by atoms with Crippen LogP contribution in [0.4, 0.5) is 0 Å². The fourth-order valence-corrected chi connectivity index (χ4v) is 1.97. The van der Waals surface area contributed by atoms with E-state index in [-0.39, 0.29) is 6.04 Å². The lowest BCUT2D eigenvalue weighted by Gasteiger charge is -2.12. The van der Waals surface area contributed by atoms with Crippen LogP contribution in [0.15, 0.2) is 36.5 Å². The highest BCUT2D eigenvalue weighted by Crippen LogP contribution is 2.16. The van der Waals surface area contributed by atoms with Gasteiger partial charge in [0, 0.05) is 0 Å². The van der Waals surface area contributed by atoms with E-state index in [0.717, 1.165) is 25.0 Å². The average molecular weight is 230 g/mol. The largest absolute Gasteiger partial charge is 0.312 e. The molecule has 1 aromatic carbocycles. The lowest BCUT2D eigenvalue weighted by Crippen LogP contribution is -2.17. The highest BCUT2D eigenvalue weighted by molar-refractivity contribution is 5.14. The van der Waals surface area contributed by atoms with E-state index in [0.29, 0.717) is 0 Å². The van der Waals surface area contributed by atoms with Crippen LogP contribution in [0.1, 0.15) is 30.1 Å².